The zero-order valence-electron chi connectivity index (χ0n) is 8.66. The lowest BCUT2D eigenvalue weighted by molar-refractivity contribution is 0.206. The summed E-state index contributed by atoms with van der Waals surface area (Å²) in [7, 11) is 3.74. The van der Waals surface area contributed by atoms with Gasteiger partial charge in [0.25, 0.3) is 0 Å². The van der Waals surface area contributed by atoms with E-state index in [0.717, 1.165) is 24.4 Å². The molecule has 0 N–H and O–H groups in total. The summed E-state index contributed by atoms with van der Waals surface area (Å²) in [5, 5.41) is 0. The molecule has 0 aliphatic heterocycles. The highest BCUT2D eigenvalue weighted by atomic mass is 16.5. The van der Waals surface area contributed by atoms with E-state index in [4.69, 9.17) is 11.2 Å². The van der Waals surface area contributed by atoms with Crippen LogP contribution < -0.4 is 4.90 Å². The zero-order chi connectivity index (χ0) is 10.4. The third-order valence-corrected chi connectivity index (χ3v) is 2.11. The predicted octanol–water partition coefficient (Wildman–Crippen LogP) is 1.75. The molecular weight excluding hydrogens is 174 g/mol. The van der Waals surface area contributed by atoms with E-state index in [1.54, 1.807) is 7.11 Å². The van der Waals surface area contributed by atoms with Gasteiger partial charge in [-0.1, -0.05) is 5.92 Å². The van der Waals surface area contributed by atoms with Gasteiger partial charge < -0.3 is 9.64 Å². The molecular formula is C12H15NO. The van der Waals surface area contributed by atoms with Crippen LogP contribution in [0.25, 0.3) is 0 Å². The number of ether oxygens (including phenoxy) is 1. The van der Waals surface area contributed by atoms with Crippen LogP contribution in [0, 0.1) is 12.3 Å². The average molecular weight is 189 g/mol. The van der Waals surface area contributed by atoms with Crippen LogP contribution in [0.1, 0.15) is 5.56 Å². The number of terminal acetylenes is 1. The van der Waals surface area contributed by atoms with Crippen molar-refractivity contribution in [3.8, 4) is 12.3 Å². The van der Waals surface area contributed by atoms with Gasteiger partial charge in [0.1, 0.15) is 0 Å². The highest BCUT2D eigenvalue weighted by molar-refractivity contribution is 5.49. The Hall–Kier alpha value is -1.46. The van der Waals surface area contributed by atoms with Crippen molar-refractivity contribution in [2.45, 2.75) is 0 Å². The molecule has 0 fully saturated rings. The first-order valence-electron chi connectivity index (χ1n) is 4.54. The molecule has 2 nitrogen and oxygen atoms in total. The Kier molecular flexibility index (Phi) is 4.03. The van der Waals surface area contributed by atoms with E-state index >= 15 is 0 Å². The summed E-state index contributed by atoms with van der Waals surface area (Å²) in [5.74, 6) is 2.59. The highest BCUT2D eigenvalue weighted by Crippen LogP contribution is 2.12. The molecule has 1 aromatic rings. The molecule has 0 aliphatic rings. The van der Waals surface area contributed by atoms with Gasteiger partial charge in [-0.05, 0) is 24.3 Å². The molecule has 2 heteroatoms. The summed E-state index contributed by atoms with van der Waals surface area (Å²) in [5.41, 5.74) is 2.06. The molecule has 0 unspecified atom stereocenters. The van der Waals surface area contributed by atoms with Crippen molar-refractivity contribution in [1.29, 1.82) is 0 Å². The van der Waals surface area contributed by atoms with Gasteiger partial charge in [0.2, 0.25) is 0 Å². The Morgan fingerprint density at radius 1 is 1.36 bits per heavy atom. The third-order valence-electron chi connectivity index (χ3n) is 2.11. The molecule has 0 aromatic heterocycles. The van der Waals surface area contributed by atoms with Crippen molar-refractivity contribution in [1.82, 2.24) is 0 Å². The standard InChI is InChI=1S/C12H15NO/c1-4-11-5-7-12(8-6-11)13(2)9-10-14-3/h1,5-8H,9-10H2,2-3H3. The van der Waals surface area contributed by atoms with Crippen LogP contribution in [-0.2, 0) is 4.74 Å². The Bertz CT molecular complexity index is 310. The fourth-order valence-electron chi connectivity index (χ4n) is 1.17. The van der Waals surface area contributed by atoms with E-state index < -0.39 is 0 Å². The molecule has 0 amide bonds. The van der Waals surface area contributed by atoms with Crippen molar-refractivity contribution in [3.63, 3.8) is 0 Å². The number of anilines is 1. The summed E-state index contributed by atoms with van der Waals surface area (Å²) < 4.78 is 5.00. The maximum Gasteiger partial charge on any atom is 0.0637 e. The molecule has 0 radical (unpaired) electrons. The molecule has 0 aliphatic carbocycles. The van der Waals surface area contributed by atoms with E-state index in [9.17, 15) is 0 Å². The number of nitrogens with zero attached hydrogens (tertiary/aromatic N) is 1. The number of hydrogen-bond acceptors (Lipinski definition) is 2. The van der Waals surface area contributed by atoms with Crippen molar-refractivity contribution in [2.75, 3.05) is 32.2 Å². The quantitative estimate of drug-likeness (QED) is 0.669. The minimum Gasteiger partial charge on any atom is -0.383 e. The average Bonchev–Trinajstić information content (AvgIpc) is 2.26. The summed E-state index contributed by atoms with van der Waals surface area (Å²) in [6.45, 7) is 1.61. The molecule has 1 aromatic carbocycles. The van der Waals surface area contributed by atoms with Gasteiger partial charge in [-0.15, -0.1) is 6.42 Å². The lowest BCUT2D eigenvalue weighted by Crippen LogP contribution is -2.21. The molecule has 0 spiro atoms. The number of rotatable bonds is 4. The Labute approximate surface area is 85.5 Å². The first-order valence-corrected chi connectivity index (χ1v) is 4.54. The second kappa shape index (κ2) is 5.31. The molecule has 0 atom stereocenters. The summed E-state index contributed by atoms with van der Waals surface area (Å²) in [6.07, 6.45) is 5.27. The molecule has 0 bridgehead atoms. The van der Waals surface area contributed by atoms with Crippen molar-refractivity contribution >= 4 is 5.69 Å². The van der Waals surface area contributed by atoms with Crippen LogP contribution in [0.5, 0.6) is 0 Å². The van der Waals surface area contributed by atoms with E-state index in [1.807, 2.05) is 31.3 Å². The third kappa shape index (κ3) is 2.79. The van der Waals surface area contributed by atoms with E-state index in [0.29, 0.717) is 0 Å². The summed E-state index contributed by atoms with van der Waals surface area (Å²) >= 11 is 0. The van der Waals surface area contributed by atoms with Crippen molar-refractivity contribution in [3.05, 3.63) is 29.8 Å². The summed E-state index contributed by atoms with van der Waals surface area (Å²) in [6, 6.07) is 7.92. The van der Waals surface area contributed by atoms with E-state index in [2.05, 4.69) is 10.8 Å². The van der Waals surface area contributed by atoms with Gasteiger partial charge in [0.05, 0.1) is 6.61 Å². The lowest BCUT2D eigenvalue weighted by atomic mass is 10.2. The number of methoxy groups -OCH3 is 1. The Morgan fingerprint density at radius 2 is 2.00 bits per heavy atom. The first kappa shape index (κ1) is 10.6. The maximum atomic E-state index is 5.27. The monoisotopic (exact) mass is 189 g/mol. The van der Waals surface area contributed by atoms with Gasteiger partial charge in [-0.3, -0.25) is 0 Å². The van der Waals surface area contributed by atoms with Crippen LogP contribution in [-0.4, -0.2) is 27.3 Å². The molecule has 0 saturated heterocycles. The Balaban J connectivity index is 2.63. The van der Waals surface area contributed by atoms with Gasteiger partial charge in [0.15, 0.2) is 0 Å². The minimum atomic E-state index is 0.730. The normalized spacial score (nSPS) is 9.50. The minimum absolute atomic E-state index is 0.730. The molecule has 0 heterocycles. The number of benzene rings is 1. The van der Waals surface area contributed by atoms with E-state index in [1.165, 1.54) is 0 Å². The van der Waals surface area contributed by atoms with Crippen molar-refractivity contribution < 1.29 is 4.74 Å². The second-order valence-corrected chi connectivity index (χ2v) is 3.11. The van der Waals surface area contributed by atoms with E-state index in [-0.39, 0.29) is 0 Å². The smallest absolute Gasteiger partial charge is 0.0637 e. The van der Waals surface area contributed by atoms with Crippen LogP contribution >= 0.6 is 0 Å². The number of likely N-dealkylation sites (N-methyl/N-ethyl adjacent to an activating group) is 1. The maximum absolute atomic E-state index is 5.27. The summed E-state index contributed by atoms with van der Waals surface area (Å²) in [4.78, 5) is 2.13. The molecule has 1 rings (SSSR count). The fourth-order valence-corrected chi connectivity index (χ4v) is 1.17. The first-order chi connectivity index (χ1) is 6.77. The second-order valence-electron chi connectivity index (χ2n) is 3.11. The van der Waals surface area contributed by atoms with Gasteiger partial charge >= 0.3 is 0 Å². The van der Waals surface area contributed by atoms with Gasteiger partial charge in [0, 0.05) is 32.0 Å². The van der Waals surface area contributed by atoms with Gasteiger partial charge in [-0.25, -0.2) is 0 Å². The SMILES string of the molecule is C#Cc1ccc(N(C)CCOC)cc1. The van der Waals surface area contributed by atoms with Crippen LogP contribution in [0.4, 0.5) is 5.69 Å². The van der Waals surface area contributed by atoms with Crippen LogP contribution in [0.15, 0.2) is 24.3 Å². The lowest BCUT2D eigenvalue weighted by Gasteiger charge is -2.18. The number of hydrogen-bond donors (Lipinski definition) is 0. The molecule has 14 heavy (non-hydrogen) atoms. The fraction of sp³-hybridized carbons (Fsp3) is 0.333. The topological polar surface area (TPSA) is 12.5 Å². The van der Waals surface area contributed by atoms with Crippen molar-refractivity contribution in [2.24, 2.45) is 0 Å². The molecule has 0 saturated carbocycles. The van der Waals surface area contributed by atoms with Crippen LogP contribution in [0.2, 0.25) is 0 Å². The molecule has 74 valence electrons. The highest BCUT2D eigenvalue weighted by Gasteiger charge is 1.98. The predicted molar refractivity (Wildman–Crippen MR) is 59.5 cm³/mol. The zero-order valence-corrected chi connectivity index (χ0v) is 8.66. The largest absolute Gasteiger partial charge is 0.383 e. The van der Waals surface area contributed by atoms with Crippen LogP contribution in [0.3, 0.4) is 0 Å². The Morgan fingerprint density at radius 3 is 2.50 bits per heavy atom. The van der Waals surface area contributed by atoms with Gasteiger partial charge in [-0.2, -0.15) is 0 Å².